The Balaban J connectivity index is 2.17. The van der Waals surface area contributed by atoms with Crippen molar-refractivity contribution < 1.29 is 38.1 Å². The zero-order valence-corrected chi connectivity index (χ0v) is 20.6. The normalized spacial score (nSPS) is 13.7. The van der Waals surface area contributed by atoms with Gasteiger partial charge in [-0.3, -0.25) is 9.59 Å². The highest BCUT2D eigenvalue weighted by Gasteiger charge is 2.55. The maximum absolute atomic E-state index is 14.0. The topological polar surface area (TPSA) is 146 Å². The van der Waals surface area contributed by atoms with E-state index in [0.29, 0.717) is 0 Å². The Morgan fingerprint density at radius 3 is 1.68 bits per heavy atom. The minimum atomic E-state index is -4.65. The van der Waals surface area contributed by atoms with Gasteiger partial charge in [-0.25, -0.2) is 13.2 Å². The molecule has 9 heteroatoms. The molecule has 0 aliphatic carbocycles. The number of hydrogen-bond acceptors (Lipinski definition) is 5. The highest BCUT2D eigenvalue weighted by atomic mass is 32.2. The molecule has 0 radical (unpaired) electrons. The van der Waals surface area contributed by atoms with Crippen molar-refractivity contribution >= 4 is 27.7 Å². The molecule has 0 saturated heterocycles. The van der Waals surface area contributed by atoms with Crippen LogP contribution in [-0.4, -0.2) is 41.6 Å². The molecule has 0 spiro atoms. The molecule has 192 valence electrons. The minimum absolute atomic E-state index is 0.0397. The first-order chi connectivity index (χ1) is 18.1. The lowest BCUT2D eigenvalue weighted by Gasteiger charge is -2.37. The third-order valence-corrected chi connectivity index (χ3v) is 8.26. The molecule has 0 fully saturated rings. The Kier molecular flexibility index (Phi) is 7.14. The SMILES string of the molecule is O=C(O)c1ccccc1S(=O)(=O)c1ccccc1C(C(=O)O)(c1ccccc1)C(C(=O)O)c1ccccc1. The Morgan fingerprint density at radius 1 is 0.632 bits per heavy atom. The first kappa shape index (κ1) is 26.3. The fourth-order valence-electron chi connectivity index (χ4n) is 4.79. The van der Waals surface area contributed by atoms with Crippen molar-refractivity contribution in [3.8, 4) is 0 Å². The molecule has 2 unspecified atom stereocenters. The second-order valence-corrected chi connectivity index (χ2v) is 10.3. The largest absolute Gasteiger partial charge is 0.481 e. The summed E-state index contributed by atoms with van der Waals surface area (Å²) in [6.07, 6.45) is 0. The van der Waals surface area contributed by atoms with Gasteiger partial charge in [-0.2, -0.15) is 0 Å². The van der Waals surface area contributed by atoms with Crippen LogP contribution in [0, 0.1) is 0 Å². The molecule has 8 nitrogen and oxygen atoms in total. The number of carbonyl (C=O) groups is 3. The second kappa shape index (κ2) is 10.3. The van der Waals surface area contributed by atoms with E-state index in [1.165, 1.54) is 66.7 Å². The fraction of sp³-hybridized carbons (Fsp3) is 0.0690. The molecule has 0 aliphatic heterocycles. The van der Waals surface area contributed by atoms with Crippen LogP contribution >= 0.6 is 0 Å². The summed E-state index contributed by atoms with van der Waals surface area (Å²) in [5, 5.41) is 31.0. The number of aliphatic carboxylic acids is 2. The van der Waals surface area contributed by atoms with Gasteiger partial charge in [0.2, 0.25) is 9.84 Å². The van der Waals surface area contributed by atoms with Crippen molar-refractivity contribution in [1.29, 1.82) is 0 Å². The van der Waals surface area contributed by atoms with E-state index in [9.17, 15) is 38.1 Å². The Morgan fingerprint density at radius 2 is 1.13 bits per heavy atom. The summed E-state index contributed by atoms with van der Waals surface area (Å²) in [7, 11) is -4.65. The van der Waals surface area contributed by atoms with Crippen molar-refractivity contribution in [3.63, 3.8) is 0 Å². The van der Waals surface area contributed by atoms with Crippen LogP contribution in [0.3, 0.4) is 0 Å². The van der Waals surface area contributed by atoms with Crippen LogP contribution in [0.25, 0.3) is 0 Å². The maximum Gasteiger partial charge on any atom is 0.337 e. The van der Waals surface area contributed by atoms with Crippen LogP contribution in [0.2, 0.25) is 0 Å². The number of hydrogen-bond donors (Lipinski definition) is 3. The molecule has 0 amide bonds. The molecular weight excluding hydrogens is 508 g/mol. The molecule has 3 N–H and O–H groups in total. The highest BCUT2D eigenvalue weighted by molar-refractivity contribution is 7.91. The van der Waals surface area contributed by atoms with E-state index in [-0.39, 0.29) is 16.7 Å². The van der Waals surface area contributed by atoms with E-state index in [2.05, 4.69) is 0 Å². The quantitative estimate of drug-likeness (QED) is 0.288. The third-order valence-electron chi connectivity index (χ3n) is 6.39. The number of rotatable bonds is 9. The number of benzene rings is 4. The van der Waals surface area contributed by atoms with E-state index < -0.39 is 54.4 Å². The summed E-state index contributed by atoms with van der Waals surface area (Å²) in [4.78, 5) is 37.1. The summed E-state index contributed by atoms with van der Waals surface area (Å²) < 4.78 is 28.0. The molecule has 4 aromatic carbocycles. The van der Waals surface area contributed by atoms with Crippen molar-refractivity contribution in [2.45, 2.75) is 21.1 Å². The van der Waals surface area contributed by atoms with Crippen LogP contribution in [0.5, 0.6) is 0 Å². The highest BCUT2D eigenvalue weighted by Crippen LogP contribution is 2.48. The lowest BCUT2D eigenvalue weighted by molar-refractivity contribution is -0.150. The maximum atomic E-state index is 14.0. The van der Waals surface area contributed by atoms with Gasteiger partial charge in [0.15, 0.2) is 0 Å². The minimum Gasteiger partial charge on any atom is -0.481 e. The zero-order chi connectivity index (χ0) is 27.5. The second-order valence-electron chi connectivity index (χ2n) is 8.46. The average Bonchev–Trinajstić information content (AvgIpc) is 2.92. The Bertz CT molecular complexity index is 1610. The van der Waals surface area contributed by atoms with Gasteiger partial charge in [-0.1, -0.05) is 91.0 Å². The molecule has 38 heavy (non-hydrogen) atoms. The van der Waals surface area contributed by atoms with Gasteiger partial charge in [-0.15, -0.1) is 0 Å². The average molecular weight is 531 g/mol. The van der Waals surface area contributed by atoms with Gasteiger partial charge >= 0.3 is 17.9 Å². The van der Waals surface area contributed by atoms with Gasteiger partial charge in [0, 0.05) is 0 Å². The molecule has 4 aromatic rings. The van der Waals surface area contributed by atoms with E-state index >= 15 is 0 Å². The lowest BCUT2D eigenvalue weighted by Crippen LogP contribution is -2.47. The van der Waals surface area contributed by atoms with E-state index in [4.69, 9.17) is 0 Å². The van der Waals surface area contributed by atoms with Crippen LogP contribution in [0.4, 0.5) is 0 Å². The summed E-state index contributed by atoms with van der Waals surface area (Å²) in [5.41, 5.74) is -3.05. The first-order valence-electron chi connectivity index (χ1n) is 11.4. The van der Waals surface area contributed by atoms with Crippen molar-refractivity contribution in [2.75, 3.05) is 0 Å². The van der Waals surface area contributed by atoms with Gasteiger partial charge in [0.05, 0.1) is 15.4 Å². The number of sulfone groups is 1. The lowest BCUT2D eigenvalue weighted by atomic mass is 9.63. The Hall–Kier alpha value is -4.76. The number of aromatic carboxylic acids is 1. The van der Waals surface area contributed by atoms with Crippen LogP contribution in [-0.2, 0) is 24.8 Å². The summed E-state index contributed by atoms with van der Waals surface area (Å²) in [6.45, 7) is 0. The number of carboxylic acids is 3. The molecule has 2 atom stereocenters. The molecular formula is C29H22O8S. The zero-order valence-electron chi connectivity index (χ0n) is 19.8. The van der Waals surface area contributed by atoms with Crippen molar-refractivity contribution in [1.82, 2.24) is 0 Å². The molecule has 4 rings (SSSR count). The van der Waals surface area contributed by atoms with E-state index in [1.807, 2.05) is 0 Å². The fourth-order valence-corrected chi connectivity index (χ4v) is 6.50. The van der Waals surface area contributed by atoms with Crippen LogP contribution < -0.4 is 0 Å². The molecule has 0 aromatic heterocycles. The van der Waals surface area contributed by atoms with Crippen LogP contribution in [0.1, 0.15) is 33.0 Å². The van der Waals surface area contributed by atoms with Gasteiger partial charge in [0.1, 0.15) is 11.3 Å². The predicted octanol–water partition coefficient (Wildman–Crippen LogP) is 4.46. The molecule has 0 bridgehead atoms. The molecule has 0 heterocycles. The summed E-state index contributed by atoms with van der Waals surface area (Å²) >= 11 is 0. The van der Waals surface area contributed by atoms with Crippen molar-refractivity contribution in [2.24, 2.45) is 0 Å². The smallest absolute Gasteiger partial charge is 0.337 e. The standard InChI is InChI=1S/C29H22O8S/c30-26(31)21-15-7-9-17-23(21)38(36,37)24-18-10-8-16-22(24)29(28(34)35,20-13-5-2-6-14-20)25(27(32)33)19-11-3-1-4-12-19/h1-18,25H,(H,30,31)(H,32,33)(H,34,35). The third kappa shape index (κ3) is 4.33. The van der Waals surface area contributed by atoms with Crippen molar-refractivity contribution in [3.05, 3.63) is 131 Å². The van der Waals surface area contributed by atoms with Gasteiger partial charge < -0.3 is 15.3 Å². The monoisotopic (exact) mass is 530 g/mol. The van der Waals surface area contributed by atoms with Crippen LogP contribution in [0.15, 0.2) is 119 Å². The molecule has 0 saturated carbocycles. The van der Waals surface area contributed by atoms with Gasteiger partial charge in [-0.05, 0) is 34.9 Å². The van der Waals surface area contributed by atoms with E-state index in [1.54, 1.807) is 24.3 Å². The molecule has 0 aliphatic rings. The van der Waals surface area contributed by atoms with Gasteiger partial charge in [0.25, 0.3) is 0 Å². The summed E-state index contributed by atoms with van der Waals surface area (Å²) in [5.74, 6) is -6.31. The number of carboxylic acid groups (broad SMARTS) is 3. The first-order valence-corrected chi connectivity index (χ1v) is 12.9. The van der Waals surface area contributed by atoms with E-state index in [0.717, 1.165) is 18.2 Å². The Labute approximate surface area is 218 Å². The predicted molar refractivity (Wildman–Crippen MR) is 137 cm³/mol. The summed E-state index contributed by atoms with van der Waals surface area (Å²) in [6, 6.07) is 25.5.